The van der Waals surface area contributed by atoms with E-state index in [2.05, 4.69) is 67.7 Å². The minimum Gasteiger partial charge on any atom is -0.371 e. The Balaban J connectivity index is 1.13. The van der Waals surface area contributed by atoms with E-state index in [1.807, 2.05) is 23.1 Å². The summed E-state index contributed by atoms with van der Waals surface area (Å²) in [7, 11) is 0. The van der Waals surface area contributed by atoms with Crippen molar-refractivity contribution in [3.8, 4) is 0 Å². The number of nitrogens with one attached hydrogen (secondary N) is 1. The first-order valence-corrected chi connectivity index (χ1v) is 16.4. The van der Waals surface area contributed by atoms with Crippen LogP contribution in [-0.4, -0.2) is 63.8 Å². The van der Waals surface area contributed by atoms with Gasteiger partial charge in [0.1, 0.15) is 12.7 Å². The van der Waals surface area contributed by atoms with Crippen LogP contribution in [0.4, 0.5) is 5.69 Å². The summed E-state index contributed by atoms with van der Waals surface area (Å²) in [6.45, 7) is 4.54. The van der Waals surface area contributed by atoms with Gasteiger partial charge in [-0.15, -0.1) is 0 Å². The third-order valence-corrected chi connectivity index (χ3v) is 10.4. The summed E-state index contributed by atoms with van der Waals surface area (Å²) < 4.78 is 2.03. The van der Waals surface area contributed by atoms with Crippen LogP contribution in [0.5, 0.6) is 0 Å². The lowest BCUT2D eigenvalue weighted by Crippen LogP contribution is -2.56. The number of anilines is 1. The number of likely N-dealkylation sites (tertiary alicyclic amines) is 1. The maximum Gasteiger partial charge on any atom is 0.240 e. The summed E-state index contributed by atoms with van der Waals surface area (Å²) in [5, 5.41) is 9.04. The second kappa shape index (κ2) is 13.6. The second-order valence-corrected chi connectivity index (χ2v) is 13.2. The molecule has 0 unspecified atom stereocenters. The van der Waals surface area contributed by atoms with Crippen LogP contribution < -0.4 is 10.2 Å². The van der Waals surface area contributed by atoms with Crippen LogP contribution in [-0.2, 0) is 17.8 Å². The third kappa shape index (κ3) is 7.00. The molecule has 3 aliphatic rings. The molecule has 1 aliphatic carbocycles. The Labute approximate surface area is 255 Å². The number of para-hydroxylation sites is 1. The zero-order valence-corrected chi connectivity index (χ0v) is 25.5. The Bertz CT molecular complexity index is 1240. The van der Waals surface area contributed by atoms with Crippen LogP contribution in [0, 0.1) is 11.3 Å². The van der Waals surface area contributed by atoms with E-state index in [0.29, 0.717) is 18.4 Å². The monoisotopic (exact) mass is 588 g/mol. The Morgan fingerprint density at radius 3 is 2.31 bits per heavy atom. The number of rotatable bonds is 9. The highest BCUT2D eigenvalue weighted by atomic mass is 35.5. The predicted molar refractivity (Wildman–Crippen MR) is 169 cm³/mol. The zero-order valence-electron chi connectivity index (χ0n) is 24.7. The van der Waals surface area contributed by atoms with Crippen LogP contribution >= 0.6 is 11.6 Å². The van der Waals surface area contributed by atoms with Crippen molar-refractivity contribution in [2.75, 3.05) is 31.1 Å². The molecule has 1 N–H and O–H groups in total. The van der Waals surface area contributed by atoms with Crippen LogP contribution in [0.25, 0.3) is 0 Å². The van der Waals surface area contributed by atoms with E-state index in [-0.39, 0.29) is 17.4 Å². The molecule has 42 heavy (non-hydrogen) atoms. The van der Waals surface area contributed by atoms with Crippen LogP contribution in [0.1, 0.15) is 63.4 Å². The van der Waals surface area contributed by atoms with Crippen molar-refractivity contribution in [3.63, 3.8) is 0 Å². The fraction of sp³-hybridized carbons (Fsp3) is 0.559. The van der Waals surface area contributed by atoms with Crippen LogP contribution in [0.2, 0.25) is 5.02 Å². The summed E-state index contributed by atoms with van der Waals surface area (Å²) in [5.41, 5.74) is 2.62. The number of piperidine rings is 2. The maximum atomic E-state index is 14.2. The number of carbonyl (C=O) groups excluding carboxylic acids is 1. The van der Waals surface area contributed by atoms with Gasteiger partial charge in [-0.05, 0) is 86.1 Å². The van der Waals surface area contributed by atoms with Gasteiger partial charge in [0, 0.05) is 49.5 Å². The molecule has 1 amide bonds. The van der Waals surface area contributed by atoms with Gasteiger partial charge in [0.05, 0.1) is 6.04 Å². The highest BCUT2D eigenvalue weighted by molar-refractivity contribution is 6.30. The standard InChI is InChI=1S/C34H45ClN6O/c35-29-13-11-27(12-14-29)23-32(38-30-15-19-39(20-16-30)31-9-5-2-6-10-31)33(42)40-21-17-34(18-22-40,24-41-26-36-25-37-41)28-7-3-1-4-8-28/h2,5-6,9-14,25-26,28,30,32,38H,1,3-4,7-8,15-24H2/t32-/m1/s1. The molecule has 6 rings (SSSR count). The number of hydrogen-bond acceptors (Lipinski definition) is 5. The van der Waals surface area contributed by atoms with E-state index < -0.39 is 0 Å². The average molecular weight is 589 g/mol. The second-order valence-electron chi connectivity index (χ2n) is 12.8. The summed E-state index contributed by atoms with van der Waals surface area (Å²) in [6.07, 6.45) is 14.9. The Morgan fingerprint density at radius 2 is 1.64 bits per heavy atom. The first-order chi connectivity index (χ1) is 20.6. The molecule has 8 heteroatoms. The number of amides is 1. The summed E-state index contributed by atoms with van der Waals surface area (Å²) >= 11 is 6.19. The molecule has 3 aromatic rings. The van der Waals surface area contributed by atoms with Crippen molar-refractivity contribution in [2.45, 2.75) is 82.8 Å². The van der Waals surface area contributed by atoms with E-state index in [9.17, 15) is 4.79 Å². The number of halogens is 1. The predicted octanol–water partition coefficient (Wildman–Crippen LogP) is 5.99. The van der Waals surface area contributed by atoms with Gasteiger partial charge in [0.15, 0.2) is 0 Å². The number of nitrogens with zero attached hydrogens (tertiary/aromatic N) is 5. The lowest BCUT2D eigenvalue weighted by atomic mass is 9.63. The van der Waals surface area contributed by atoms with Gasteiger partial charge in [-0.2, -0.15) is 5.10 Å². The normalized spacial score (nSPS) is 20.9. The van der Waals surface area contributed by atoms with Crippen molar-refractivity contribution < 1.29 is 4.79 Å². The Morgan fingerprint density at radius 1 is 0.929 bits per heavy atom. The molecule has 7 nitrogen and oxygen atoms in total. The minimum atomic E-state index is -0.239. The SMILES string of the molecule is O=C([C@@H](Cc1ccc(Cl)cc1)NC1CCN(c2ccccc2)CC1)N1CCC(Cn2cncn2)(C2CCCCC2)CC1. The van der Waals surface area contributed by atoms with Crippen molar-refractivity contribution in [1.82, 2.24) is 25.0 Å². The van der Waals surface area contributed by atoms with Crippen LogP contribution in [0.15, 0.2) is 67.3 Å². The van der Waals surface area contributed by atoms with Crippen molar-refractivity contribution in [3.05, 3.63) is 77.8 Å². The maximum absolute atomic E-state index is 14.2. The summed E-state index contributed by atoms with van der Waals surface area (Å²) in [6, 6.07) is 18.7. The quantitative estimate of drug-likeness (QED) is 0.333. The van der Waals surface area contributed by atoms with E-state index in [1.54, 1.807) is 6.33 Å². The van der Waals surface area contributed by atoms with Gasteiger partial charge in [-0.25, -0.2) is 4.98 Å². The van der Waals surface area contributed by atoms with E-state index in [4.69, 9.17) is 11.6 Å². The molecular weight excluding hydrogens is 544 g/mol. The highest BCUT2D eigenvalue weighted by Crippen LogP contribution is 2.47. The van der Waals surface area contributed by atoms with E-state index in [1.165, 1.54) is 37.8 Å². The van der Waals surface area contributed by atoms with Crippen molar-refractivity contribution >= 4 is 23.2 Å². The van der Waals surface area contributed by atoms with Gasteiger partial charge >= 0.3 is 0 Å². The van der Waals surface area contributed by atoms with E-state index in [0.717, 1.165) is 69.0 Å². The van der Waals surface area contributed by atoms with Crippen molar-refractivity contribution in [2.24, 2.45) is 11.3 Å². The van der Waals surface area contributed by atoms with Gasteiger partial charge < -0.3 is 15.1 Å². The molecule has 0 bridgehead atoms. The largest absolute Gasteiger partial charge is 0.371 e. The molecule has 1 aromatic heterocycles. The summed E-state index contributed by atoms with van der Waals surface area (Å²) in [4.78, 5) is 23.1. The molecule has 2 aromatic carbocycles. The molecule has 3 heterocycles. The topological polar surface area (TPSA) is 66.3 Å². The van der Waals surface area contributed by atoms with Gasteiger partial charge in [0.2, 0.25) is 5.91 Å². The van der Waals surface area contributed by atoms with Crippen molar-refractivity contribution in [1.29, 1.82) is 0 Å². The van der Waals surface area contributed by atoms with Gasteiger partial charge in [-0.1, -0.05) is 61.2 Å². The molecule has 2 saturated heterocycles. The molecule has 1 atom stereocenters. The average Bonchev–Trinajstić information content (AvgIpc) is 3.56. The van der Waals surface area contributed by atoms with Gasteiger partial charge in [0.25, 0.3) is 0 Å². The number of benzene rings is 2. The lowest BCUT2D eigenvalue weighted by molar-refractivity contribution is -0.137. The highest BCUT2D eigenvalue weighted by Gasteiger charge is 2.44. The number of hydrogen-bond donors (Lipinski definition) is 1. The lowest BCUT2D eigenvalue weighted by Gasteiger charge is -2.48. The molecule has 0 spiro atoms. The smallest absolute Gasteiger partial charge is 0.240 e. The van der Waals surface area contributed by atoms with Gasteiger partial charge in [-0.3, -0.25) is 9.48 Å². The van der Waals surface area contributed by atoms with E-state index >= 15 is 0 Å². The first kappa shape index (κ1) is 29.2. The van der Waals surface area contributed by atoms with Crippen LogP contribution in [0.3, 0.4) is 0 Å². The zero-order chi connectivity index (χ0) is 28.8. The molecular formula is C34H45ClN6O. The first-order valence-electron chi connectivity index (χ1n) is 16.0. The Kier molecular flexibility index (Phi) is 9.45. The molecule has 2 aliphatic heterocycles. The molecule has 1 saturated carbocycles. The molecule has 3 fully saturated rings. The fourth-order valence-electron chi connectivity index (χ4n) is 7.74. The third-order valence-electron chi connectivity index (χ3n) is 10.2. The number of carbonyl (C=O) groups is 1. The minimum absolute atomic E-state index is 0.189. The molecule has 0 radical (unpaired) electrons. The fourth-order valence-corrected chi connectivity index (χ4v) is 7.87. The number of aromatic nitrogens is 3. The summed E-state index contributed by atoms with van der Waals surface area (Å²) in [5.74, 6) is 0.943. The molecule has 224 valence electrons. The Hall–Kier alpha value is -2.90.